The fourth-order valence-corrected chi connectivity index (χ4v) is 5.78. The number of halogens is 2. The average molecular weight is 414 g/mol. The van der Waals surface area contributed by atoms with Crippen molar-refractivity contribution < 1.29 is 18.3 Å². The number of rotatable bonds is 6. The molecular formula is C20H29F2N3O2S. The second-order valence-corrected chi connectivity index (χ2v) is 9.98. The third kappa shape index (κ3) is 4.64. The summed E-state index contributed by atoms with van der Waals surface area (Å²) in [5.41, 5.74) is 1.48. The normalized spacial score (nSPS) is 30.1. The van der Waals surface area contributed by atoms with Crippen LogP contribution in [-0.4, -0.2) is 47.5 Å². The number of nitrogens with zero attached hydrogens (tertiary/aromatic N) is 2. The molecule has 1 aliphatic heterocycles. The largest absolute Gasteiger partial charge is 0.464 e. The van der Waals surface area contributed by atoms with Crippen molar-refractivity contribution in [2.75, 3.05) is 19.7 Å². The van der Waals surface area contributed by atoms with E-state index in [0.717, 1.165) is 57.4 Å². The van der Waals surface area contributed by atoms with Crippen molar-refractivity contribution >= 4 is 17.2 Å². The molecule has 8 heteroatoms. The van der Waals surface area contributed by atoms with Gasteiger partial charge in [-0.1, -0.05) is 11.3 Å². The first-order valence-corrected chi connectivity index (χ1v) is 11.0. The summed E-state index contributed by atoms with van der Waals surface area (Å²) in [6.07, 6.45) is 6.82. The molecule has 2 fully saturated rings. The number of thiazole rings is 1. The molecule has 2 aliphatic carbocycles. The number of aromatic nitrogens is 1. The summed E-state index contributed by atoms with van der Waals surface area (Å²) < 4.78 is 31.2. The van der Waals surface area contributed by atoms with Crippen LogP contribution >= 0.6 is 11.3 Å². The van der Waals surface area contributed by atoms with Gasteiger partial charge in [-0.15, -0.1) is 0 Å². The molecule has 1 aromatic rings. The van der Waals surface area contributed by atoms with E-state index in [2.05, 4.69) is 15.2 Å². The molecule has 1 spiro atoms. The maximum Gasteiger partial charge on any atom is 0.278 e. The molecule has 0 saturated heterocycles. The van der Waals surface area contributed by atoms with Crippen LogP contribution < -0.4 is 10.1 Å². The highest BCUT2D eigenvalue weighted by molar-refractivity contribution is 7.13. The number of fused-ring (bicyclic) bond motifs is 1. The Bertz CT molecular complexity index is 726. The summed E-state index contributed by atoms with van der Waals surface area (Å²) in [6.45, 7) is 4.71. The molecule has 1 unspecified atom stereocenters. The van der Waals surface area contributed by atoms with E-state index < -0.39 is 12.5 Å². The molecule has 1 aromatic heterocycles. The first kappa shape index (κ1) is 20.0. The Kier molecular flexibility index (Phi) is 5.37. The summed E-state index contributed by atoms with van der Waals surface area (Å²) in [5.74, 6) is -2.02. The third-order valence-electron chi connectivity index (χ3n) is 6.46. The predicted octanol–water partition coefficient (Wildman–Crippen LogP) is 3.62. The molecule has 4 rings (SSSR count). The molecule has 0 bridgehead atoms. The Balaban J connectivity index is 1.26. The molecule has 2 heterocycles. The molecule has 5 nitrogen and oxygen atoms in total. The molecule has 28 heavy (non-hydrogen) atoms. The Labute approximate surface area is 168 Å². The number of hydrogen-bond donors (Lipinski definition) is 1. The molecular weight excluding hydrogens is 384 g/mol. The average Bonchev–Trinajstić information content (AvgIpc) is 3.09. The highest BCUT2D eigenvalue weighted by Gasteiger charge is 2.55. The van der Waals surface area contributed by atoms with Gasteiger partial charge < -0.3 is 10.1 Å². The van der Waals surface area contributed by atoms with Crippen molar-refractivity contribution in [2.45, 2.75) is 70.9 Å². The van der Waals surface area contributed by atoms with Gasteiger partial charge in [-0.25, -0.2) is 13.8 Å². The highest BCUT2D eigenvalue weighted by Crippen LogP contribution is 2.61. The lowest BCUT2D eigenvalue weighted by atomic mass is 9.81. The van der Waals surface area contributed by atoms with Gasteiger partial charge in [-0.2, -0.15) is 0 Å². The summed E-state index contributed by atoms with van der Waals surface area (Å²) in [4.78, 5) is 19.3. The van der Waals surface area contributed by atoms with E-state index in [1.165, 1.54) is 35.5 Å². The first-order chi connectivity index (χ1) is 13.2. The number of carbonyl (C=O) groups excluding carboxylic acids is 1. The minimum atomic E-state index is -2.84. The minimum absolute atomic E-state index is 0.0756. The zero-order chi connectivity index (χ0) is 19.9. The second kappa shape index (κ2) is 7.52. The fraction of sp³-hybridized carbons (Fsp3) is 0.800. The van der Waals surface area contributed by atoms with Crippen LogP contribution in [0.5, 0.6) is 5.19 Å². The van der Waals surface area contributed by atoms with Gasteiger partial charge in [0, 0.05) is 44.4 Å². The molecule has 0 aromatic carbocycles. The number of alkyl halides is 2. The van der Waals surface area contributed by atoms with Gasteiger partial charge >= 0.3 is 0 Å². The van der Waals surface area contributed by atoms with Crippen LogP contribution in [0.15, 0.2) is 0 Å². The Hall–Kier alpha value is -1.28. The Morgan fingerprint density at radius 1 is 1.43 bits per heavy atom. The van der Waals surface area contributed by atoms with Crippen molar-refractivity contribution in [3.05, 3.63) is 10.6 Å². The van der Waals surface area contributed by atoms with E-state index in [4.69, 9.17) is 4.74 Å². The standard InChI is InChI=1S/C20H29F2N3O2S/c1-13(26)23-15-3-6-20(7-4-15)9-14(20)10-25-8-5-17-16(11-25)24-18(28-17)27-12-19(2,21)22/h14-15H,3-12H2,1-2H3,(H,23,26). The lowest BCUT2D eigenvalue weighted by molar-refractivity contribution is -0.119. The summed E-state index contributed by atoms with van der Waals surface area (Å²) >= 11 is 1.41. The summed E-state index contributed by atoms with van der Waals surface area (Å²) in [7, 11) is 0. The number of carbonyl (C=O) groups is 1. The van der Waals surface area contributed by atoms with Crippen molar-refractivity contribution in [1.82, 2.24) is 15.2 Å². The molecule has 2 saturated carbocycles. The Morgan fingerprint density at radius 3 is 2.86 bits per heavy atom. The van der Waals surface area contributed by atoms with Crippen molar-refractivity contribution in [3.8, 4) is 5.19 Å². The van der Waals surface area contributed by atoms with Crippen LogP contribution in [-0.2, 0) is 17.8 Å². The van der Waals surface area contributed by atoms with Gasteiger partial charge in [0.2, 0.25) is 5.91 Å². The fourth-order valence-electron chi connectivity index (χ4n) is 4.87. The SMILES string of the molecule is CC(=O)NC1CCC2(CC1)CC2CN1CCc2sc(OCC(C)(F)F)nc2C1. The van der Waals surface area contributed by atoms with Gasteiger partial charge in [0.25, 0.3) is 11.1 Å². The lowest BCUT2D eigenvalue weighted by Gasteiger charge is -2.31. The summed E-state index contributed by atoms with van der Waals surface area (Å²) in [6, 6.07) is 0.353. The molecule has 3 aliphatic rings. The minimum Gasteiger partial charge on any atom is -0.464 e. The van der Waals surface area contributed by atoms with E-state index in [-0.39, 0.29) is 5.91 Å². The summed E-state index contributed by atoms with van der Waals surface area (Å²) in [5, 5.41) is 3.43. The smallest absolute Gasteiger partial charge is 0.278 e. The number of nitrogens with one attached hydrogen (secondary N) is 1. The van der Waals surface area contributed by atoms with Gasteiger partial charge in [-0.3, -0.25) is 9.69 Å². The molecule has 1 atom stereocenters. The monoisotopic (exact) mass is 413 g/mol. The van der Waals surface area contributed by atoms with Gasteiger partial charge in [-0.05, 0) is 49.9 Å². The van der Waals surface area contributed by atoms with Gasteiger partial charge in [0.1, 0.15) is 0 Å². The Morgan fingerprint density at radius 2 is 2.18 bits per heavy atom. The van der Waals surface area contributed by atoms with Crippen LogP contribution in [0.2, 0.25) is 0 Å². The quantitative estimate of drug-likeness (QED) is 0.774. The van der Waals surface area contributed by atoms with E-state index in [0.29, 0.717) is 16.7 Å². The molecule has 0 radical (unpaired) electrons. The number of amides is 1. The van der Waals surface area contributed by atoms with Crippen molar-refractivity contribution in [3.63, 3.8) is 0 Å². The van der Waals surface area contributed by atoms with Crippen LogP contribution in [0.1, 0.15) is 56.5 Å². The van der Waals surface area contributed by atoms with Gasteiger partial charge in [0.05, 0.1) is 5.69 Å². The van der Waals surface area contributed by atoms with Crippen LogP contribution in [0, 0.1) is 11.3 Å². The van der Waals surface area contributed by atoms with Crippen molar-refractivity contribution in [1.29, 1.82) is 0 Å². The second-order valence-electron chi connectivity index (χ2n) is 8.93. The van der Waals surface area contributed by atoms with E-state index in [9.17, 15) is 13.6 Å². The zero-order valence-corrected chi connectivity index (χ0v) is 17.4. The van der Waals surface area contributed by atoms with E-state index in [1.807, 2.05) is 0 Å². The van der Waals surface area contributed by atoms with E-state index in [1.54, 1.807) is 6.92 Å². The highest BCUT2D eigenvalue weighted by atomic mass is 32.1. The zero-order valence-electron chi connectivity index (χ0n) is 16.6. The topological polar surface area (TPSA) is 54.5 Å². The van der Waals surface area contributed by atoms with Gasteiger partial charge in [0.15, 0.2) is 6.61 Å². The maximum atomic E-state index is 13.0. The number of hydrogen-bond acceptors (Lipinski definition) is 5. The first-order valence-electron chi connectivity index (χ1n) is 10.2. The van der Waals surface area contributed by atoms with Crippen molar-refractivity contribution in [2.24, 2.45) is 11.3 Å². The number of ether oxygens (including phenoxy) is 1. The predicted molar refractivity (Wildman–Crippen MR) is 104 cm³/mol. The lowest BCUT2D eigenvalue weighted by Crippen LogP contribution is -2.38. The molecule has 1 amide bonds. The van der Waals surface area contributed by atoms with Crippen LogP contribution in [0.4, 0.5) is 8.78 Å². The molecule has 1 N–H and O–H groups in total. The van der Waals surface area contributed by atoms with E-state index >= 15 is 0 Å². The van der Waals surface area contributed by atoms with Crippen LogP contribution in [0.3, 0.4) is 0 Å². The maximum absolute atomic E-state index is 13.0. The molecule has 156 valence electrons. The third-order valence-corrected chi connectivity index (χ3v) is 7.53. The van der Waals surface area contributed by atoms with Crippen LogP contribution in [0.25, 0.3) is 0 Å².